The van der Waals surface area contributed by atoms with Gasteiger partial charge in [0, 0.05) is 12.0 Å². The van der Waals surface area contributed by atoms with Gasteiger partial charge in [0.15, 0.2) is 5.78 Å². The van der Waals surface area contributed by atoms with E-state index in [1.54, 1.807) is 24.3 Å². The zero-order valence-corrected chi connectivity index (χ0v) is 12.2. The number of benzene rings is 1. The summed E-state index contributed by atoms with van der Waals surface area (Å²) in [7, 11) is 0. The van der Waals surface area contributed by atoms with Crippen molar-refractivity contribution in [1.82, 2.24) is 0 Å². The van der Waals surface area contributed by atoms with E-state index in [9.17, 15) is 9.59 Å². The van der Waals surface area contributed by atoms with E-state index < -0.39 is 0 Å². The highest BCUT2D eigenvalue weighted by Crippen LogP contribution is 2.15. The second-order valence-corrected chi connectivity index (χ2v) is 4.46. The van der Waals surface area contributed by atoms with Gasteiger partial charge in [0.2, 0.25) is 0 Å². The molecule has 0 spiro atoms. The first-order valence-electron chi connectivity index (χ1n) is 7.09. The smallest absolute Gasteiger partial charge is 0.306 e. The molecule has 0 N–H and O–H groups in total. The largest absolute Gasteiger partial charge is 0.494 e. The van der Waals surface area contributed by atoms with Crippen molar-refractivity contribution < 1.29 is 19.1 Å². The van der Waals surface area contributed by atoms with E-state index in [2.05, 4.69) is 0 Å². The van der Waals surface area contributed by atoms with E-state index in [1.165, 1.54) is 0 Å². The van der Waals surface area contributed by atoms with Crippen LogP contribution in [0.5, 0.6) is 5.75 Å². The number of carbonyl (C=O) groups excluding carboxylic acids is 2. The maximum absolute atomic E-state index is 12.0. The van der Waals surface area contributed by atoms with Crippen molar-refractivity contribution in [3.05, 3.63) is 29.8 Å². The number of hydrogen-bond acceptors (Lipinski definition) is 4. The number of ether oxygens (including phenoxy) is 2. The molecule has 0 aliphatic heterocycles. The Bertz CT molecular complexity index is 440. The Morgan fingerprint density at radius 1 is 1.15 bits per heavy atom. The molecule has 110 valence electrons. The number of esters is 1. The van der Waals surface area contributed by atoms with Crippen LogP contribution in [0, 0.1) is 0 Å². The summed E-state index contributed by atoms with van der Waals surface area (Å²) in [6, 6.07) is 7.01. The summed E-state index contributed by atoms with van der Waals surface area (Å²) in [4.78, 5) is 23.4. The topological polar surface area (TPSA) is 52.6 Å². The number of carbonyl (C=O) groups is 2. The zero-order chi connectivity index (χ0) is 14.8. The molecule has 0 radical (unpaired) electrons. The molecule has 0 aliphatic rings. The fourth-order valence-corrected chi connectivity index (χ4v) is 1.69. The van der Waals surface area contributed by atoms with Crippen LogP contribution in [-0.2, 0) is 9.53 Å². The van der Waals surface area contributed by atoms with Gasteiger partial charge in [0.05, 0.1) is 19.6 Å². The molecule has 0 fully saturated rings. The highest BCUT2D eigenvalue weighted by molar-refractivity contribution is 5.97. The van der Waals surface area contributed by atoms with Gasteiger partial charge in [-0.05, 0) is 25.5 Å². The lowest BCUT2D eigenvalue weighted by atomic mass is 10.1. The van der Waals surface area contributed by atoms with E-state index in [4.69, 9.17) is 9.47 Å². The Morgan fingerprint density at radius 2 is 1.95 bits per heavy atom. The summed E-state index contributed by atoms with van der Waals surface area (Å²) in [6.07, 6.45) is 2.13. The summed E-state index contributed by atoms with van der Waals surface area (Å²) in [5, 5.41) is 0. The molecule has 4 heteroatoms. The van der Waals surface area contributed by atoms with Gasteiger partial charge in [-0.2, -0.15) is 0 Å². The molecular weight excluding hydrogens is 256 g/mol. The second-order valence-electron chi connectivity index (χ2n) is 4.46. The van der Waals surface area contributed by atoms with Gasteiger partial charge in [0.25, 0.3) is 0 Å². The van der Waals surface area contributed by atoms with Crippen molar-refractivity contribution in [1.29, 1.82) is 0 Å². The van der Waals surface area contributed by atoms with Gasteiger partial charge in [-0.25, -0.2) is 0 Å². The Hall–Kier alpha value is -1.84. The summed E-state index contributed by atoms with van der Waals surface area (Å²) in [5.74, 6) is 0.288. The fourth-order valence-electron chi connectivity index (χ4n) is 1.69. The highest BCUT2D eigenvalue weighted by atomic mass is 16.5. The van der Waals surface area contributed by atoms with Gasteiger partial charge in [-0.1, -0.05) is 25.5 Å². The number of rotatable bonds is 9. The molecule has 0 bridgehead atoms. The Kier molecular flexibility index (Phi) is 7.40. The molecule has 0 saturated carbocycles. The van der Waals surface area contributed by atoms with Crippen molar-refractivity contribution in [2.75, 3.05) is 13.2 Å². The minimum Gasteiger partial charge on any atom is -0.494 e. The number of hydrogen-bond donors (Lipinski definition) is 0. The zero-order valence-electron chi connectivity index (χ0n) is 12.2. The normalized spacial score (nSPS) is 10.1. The van der Waals surface area contributed by atoms with E-state index in [-0.39, 0.29) is 24.6 Å². The van der Waals surface area contributed by atoms with Crippen LogP contribution >= 0.6 is 0 Å². The molecule has 0 saturated heterocycles. The van der Waals surface area contributed by atoms with Crippen LogP contribution in [0.2, 0.25) is 0 Å². The first-order valence-corrected chi connectivity index (χ1v) is 7.09. The van der Waals surface area contributed by atoms with Crippen molar-refractivity contribution in [3.63, 3.8) is 0 Å². The number of unbranched alkanes of at least 4 members (excludes halogenated alkanes) is 1. The number of ketones is 1. The molecular formula is C16H22O4. The van der Waals surface area contributed by atoms with Gasteiger partial charge < -0.3 is 9.47 Å². The van der Waals surface area contributed by atoms with Crippen molar-refractivity contribution in [2.24, 2.45) is 0 Å². The van der Waals surface area contributed by atoms with Gasteiger partial charge >= 0.3 is 5.97 Å². The fraction of sp³-hybridized carbons (Fsp3) is 0.500. The van der Waals surface area contributed by atoms with Crippen molar-refractivity contribution in [3.8, 4) is 5.75 Å². The summed E-state index contributed by atoms with van der Waals surface area (Å²) in [6.45, 7) is 4.91. The summed E-state index contributed by atoms with van der Waals surface area (Å²) in [5.41, 5.74) is 0.567. The molecule has 1 rings (SSSR count). The average Bonchev–Trinajstić information content (AvgIpc) is 2.46. The van der Waals surface area contributed by atoms with E-state index >= 15 is 0 Å². The Labute approximate surface area is 120 Å². The van der Waals surface area contributed by atoms with Crippen LogP contribution in [0.3, 0.4) is 0 Å². The van der Waals surface area contributed by atoms with Gasteiger partial charge in [-0.3, -0.25) is 9.59 Å². The van der Waals surface area contributed by atoms with Crippen molar-refractivity contribution >= 4 is 11.8 Å². The Morgan fingerprint density at radius 3 is 2.65 bits per heavy atom. The average molecular weight is 278 g/mol. The lowest BCUT2D eigenvalue weighted by molar-refractivity contribution is -0.143. The predicted molar refractivity (Wildman–Crippen MR) is 77.0 cm³/mol. The Balaban J connectivity index is 2.42. The minimum atomic E-state index is -0.312. The molecule has 4 nitrogen and oxygen atoms in total. The molecule has 20 heavy (non-hydrogen) atoms. The predicted octanol–water partition coefficient (Wildman–Crippen LogP) is 3.39. The molecule has 1 aromatic carbocycles. The quantitative estimate of drug-likeness (QED) is 0.395. The van der Waals surface area contributed by atoms with E-state index in [1.807, 2.05) is 13.8 Å². The monoisotopic (exact) mass is 278 g/mol. The summed E-state index contributed by atoms with van der Waals surface area (Å²) >= 11 is 0. The van der Waals surface area contributed by atoms with Crippen molar-refractivity contribution in [2.45, 2.75) is 39.5 Å². The van der Waals surface area contributed by atoms with E-state index in [0.717, 1.165) is 12.8 Å². The van der Waals surface area contributed by atoms with Gasteiger partial charge in [0.1, 0.15) is 5.75 Å². The third-order valence-corrected chi connectivity index (χ3v) is 2.78. The lowest BCUT2D eigenvalue weighted by Gasteiger charge is -2.06. The third kappa shape index (κ3) is 5.87. The minimum absolute atomic E-state index is 0.0704. The molecule has 0 aromatic heterocycles. The first-order chi connectivity index (χ1) is 9.67. The first kappa shape index (κ1) is 16.2. The maximum atomic E-state index is 12.0. The number of Topliss-reactive ketones (excluding diaryl/α,β-unsaturated/α-hetero) is 1. The van der Waals surface area contributed by atoms with Crippen LogP contribution in [-0.4, -0.2) is 25.0 Å². The van der Waals surface area contributed by atoms with Crippen LogP contribution in [0.4, 0.5) is 0 Å². The standard InChI is InChI=1S/C16H22O4/c1-3-5-11-20-16(18)10-9-15(17)13-7-6-8-14(12-13)19-4-2/h6-8,12H,3-5,9-11H2,1-2H3. The van der Waals surface area contributed by atoms with E-state index in [0.29, 0.717) is 24.5 Å². The molecule has 0 unspecified atom stereocenters. The highest BCUT2D eigenvalue weighted by Gasteiger charge is 2.10. The van der Waals surface area contributed by atoms with Crippen LogP contribution in [0.15, 0.2) is 24.3 Å². The van der Waals surface area contributed by atoms with Crippen LogP contribution < -0.4 is 4.74 Å². The second kappa shape index (κ2) is 9.13. The van der Waals surface area contributed by atoms with Crippen LogP contribution in [0.1, 0.15) is 49.9 Å². The molecule has 0 amide bonds. The lowest BCUT2D eigenvalue weighted by Crippen LogP contribution is -2.09. The van der Waals surface area contributed by atoms with Crippen LogP contribution in [0.25, 0.3) is 0 Å². The molecule has 1 aromatic rings. The molecule has 0 heterocycles. The summed E-state index contributed by atoms with van der Waals surface area (Å²) < 4.78 is 10.4. The SMILES string of the molecule is CCCCOC(=O)CCC(=O)c1cccc(OCC)c1. The third-order valence-electron chi connectivity index (χ3n) is 2.78. The molecule has 0 atom stereocenters. The maximum Gasteiger partial charge on any atom is 0.306 e. The molecule has 0 aliphatic carbocycles. The van der Waals surface area contributed by atoms with Gasteiger partial charge in [-0.15, -0.1) is 0 Å².